The highest BCUT2D eigenvalue weighted by atomic mass is 32.2. The van der Waals surface area contributed by atoms with Crippen LogP contribution in [0.1, 0.15) is 0 Å². The average molecular weight is 236 g/mol. The van der Waals surface area contributed by atoms with Gasteiger partial charge in [-0.25, -0.2) is 0 Å². The Morgan fingerprint density at radius 1 is 1.50 bits per heavy atom. The summed E-state index contributed by atoms with van der Waals surface area (Å²) in [6.07, 6.45) is 1.90. The number of anilines is 1. The number of nitrogens with zero attached hydrogens (tertiary/aromatic N) is 5. The van der Waals surface area contributed by atoms with E-state index in [0.29, 0.717) is 5.65 Å². The zero-order valence-corrected chi connectivity index (χ0v) is 9.52. The van der Waals surface area contributed by atoms with Gasteiger partial charge in [-0.3, -0.25) is 0 Å². The van der Waals surface area contributed by atoms with Crippen molar-refractivity contribution in [3.8, 4) is 0 Å². The van der Waals surface area contributed by atoms with Crippen LogP contribution in [0.5, 0.6) is 0 Å². The van der Waals surface area contributed by atoms with E-state index in [9.17, 15) is 0 Å². The molecule has 84 valence electrons. The van der Waals surface area contributed by atoms with E-state index in [1.165, 1.54) is 4.63 Å². The van der Waals surface area contributed by atoms with E-state index in [0.717, 1.165) is 23.9 Å². The fourth-order valence-electron chi connectivity index (χ4n) is 1.16. The van der Waals surface area contributed by atoms with Crippen molar-refractivity contribution < 1.29 is 0 Å². The molecule has 0 aromatic carbocycles. The van der Waals surface area contributed by atoms with E-state index >= 15 is 0 Å². The molecule has 0 saturated heterocycles. The lowest BCUT2D eigenvalue weighted by molar-refractivity contribution is 0.735. The minimum Gasteiger partial charge on any atom is -0.368 e. The monoisotopic (exact) mass is 236 g/mol. The summed E-state index contributed by atoms with van der Waals surface area (Å²) in [6, 6.07) is 3.69. The minimum atomic E-state index is 0.645. The Hall–Kier alpha value is -1.63. The Kier molecular flexibility index (Phi) is 3.71. The summed E-state index contributed by atoms with van der Waals surface area (Å²) in [5.74, 6) is 2.77. The molecule has 1 N–H and O–H groups in total. The van der Waals surface area contributed by atoms with Crippen molar-refractivity contribution in [1.29, 1.82) is 0 Å². The second-order valence-corrected chi connectivity index (χ2v) is 4.19. The van der Waals surface area contributed by atoms with Crippen molar-refractivity contribution in [2.75, 3.05) is 23.4 Å². The molecular weight excluding hydrogens is 224 g/mol. The van der Waals surface area contributed by atoms with Gasteiger partial charge in [-0.2, -0.15) is 11.8 Å². The van der Waals surface area contributed by atoms with Crippen LogP contribution in [0.15, 0.2) is 24.8 Å². The molecule has 2 heterocycles. The number of nitrogens with one attached hydrogen (secondary N) is 1. The SMILES string of the molecule is C=CCSCCNc1ccc2nnnn2n1. The Bertz CT molecular complexity index is 468. The van der Waals surface area contributed by atoms with Crippen molar-refractivity contribution in [3.63, 3.8) is 0 Å². The van der Waals surface area contributed by atoms with Crippen LogP contribution in [0, 0.1) is 0 Å². The zero-order valence-electron chi connectivity index (χ0n) is 8.70. The van der Waals surface area contributed by atoms with Crippen LogP contribution in [0.4, 0.5) is 5.82 Å². The molecule has 0 fully saturated rings. The smallest absolute Gasteiger partial charge is 0.200 e. The van der Waals surface area contributed by atoms with Crippen LogP contribution in [0.25, 0.3) is 5.65 Å². The third-order valence-electron chi connectivity index (χ3n) is 1.86. The maximum Gasteiger partial charge on any atom is 0.200 e. The lowest BCUT2D eigenvalue weighted by Gasteiger charge is -2.03. The van der Waals surface area contributed by atoms with E-state index in [2.05, 4.69) is 32.5 Å². The first kappa shape index (κ1) is 10.9. The number of rotatable bonds is 6. The van der Waals surface area contributed by atoms with E-state index in [1.807, 2.05) is 30.0 Å². The Labute approximate surface area is 97.1 Å². The molecule has 2 aromatic rings. The largest absolute Gasteiger partial charge is 0.368 e. The van der Waals surface area contributed by atoms with Gasteiger partial charge in [0.25, 0.3) is 0 Å². The summed E-state index contributed by atoms with van der Waals surface area (Å²) in [5, 5.41) is 18.4. The maximum absolute atomic E-state index is 4.19. The lowest BCUT2D eigenvalue weighted by Crippen LogP contribution is -2.08. The van der Waals surface area contributed by atoms with Gasteiger partial charge in [0.15, 0.2) is 5.65 Å². The highest BCUT2D eigenvalue weighted by Gasteiger charge is 1.99. The zero-order chi connectivity index (χ0) is 11.2. The topological polar surface area (TPSA) is 68.0 Å². The van der Waals surface area contributed by atoms with Crippen LogP contribution in [0.3, 0.4) is 0 Å². The minimum absolute atomic E-state index is 0.645. The van der Waals surface area contributed by atoms with Crippen LogP contribution in [-0.2, 0) is 0 Å². The molecule has 0 bridgehead atoms. The summed E-state index contributed by atoms with van der Waals surface area (Å²) in [7, 11) is 0. The van der Waals surface area contributed by atoms with Crippen LogP contribution >= 0.6 is 11.8 Å². The Balaban J connectivity index is 1.86. The van der Waals surface area contributed by atoms with Crippen LogP contribution in [-0.4, -0.2) is 43.3 Å². The molecule has 0 unspecified atom stereocenters. The van der Waals surface area contributed by atoms with Crippen molar-refractivity contribution in [2.24, 2.45) is 0 Å². The molecule has 6 nitrogen and oxygen atoms in total. The van der Waals surface area contributed by atoms with Crippen molar-refractivity contribution in [2.45, 2.75) is 0 Å². The fourth-order valence-corrected chi connectivity index (χ4v) is 1.74. The second-order valence-electron chi connectivity index (χ2n) is 3.04. The van der Waals surface area contributed by atoms with E-state index < -0.39 is 0 Å². The van der Waals surface area contributed by atoms with E-state index in [4.69, 9.17) is 0 Å². The molecule has 0 radical (unpaired) electrons. The van der Waals surface area contributed by atoms with E-state index in [-0.39, 0.29) is 0 Å². The van der Waals surface area contributed by atoms with Gasteiger partial charge in [0.1, 0.15) is 5.82 Å². The van der Waals surface area contributed by atoms with E-state index in [1.54, 1.807) is 0 Å². The quantitative estimate of drug-likeness (QED) is 0.592. The third kappa shape index (κ3) is 2.69. The summed E-state index contributed by atoms with van der Waals surface area (Å²) in [4.78, 5) is 0. The van der Waals surface area contributed by atoms with Crippen molar-refractivity contribution in [3.05, 3.63) is 24.8 Å². The summed E-state index contributed by atoms with van der Waals surface area (Å²) in [6.45, 7) is 4.53. The molecular formula is C9H12N6S. The molecule has 0 atom stereocenters. The predicted octanol–water partition coefficient (Wildman–Crippen LogP) is 0.850. The number of hydrogen-bond donors (Lipinski definition) is 1. The van der Waals surface area contributed by atoms with Gasteiger partial charge in [-0.05, 0) is 22.6 Å². The molecule has 0 spiro atoms. The number of aromatic nitrogens is 5. The first-order chi connectivity index (χ1) is 7.90. The number of hydrogen-bond acceptors (Lipinski definition) is 6. The first-order valence-electron chi connectivity index (χ1n) is 4.88. The fraction of sp³-hybridized carbons (Fsp3) is 0.333. The Morgan fingerprint density at radius 2 is 2.44 bits per heavy atom. The number of fused-ring (bicyclic) bond motifs is 1. The molecule has 0 aliphatic heterocycles. The molecule has 0 amide bonds. The van der Waals surface area contributed by atoms with Gasteiger partial charge < -0.3 is 5.32 Å². The van der Waals surface area contributed by atoms with Crippen molar-refractivity contribution >= 4 is 23.2 Å². The Morgan fingerprint density at radius 3 is 3.31 bits per heavy atom. The highest BCUT2D eigenvalue weighted by Crippen LogP contribution is 2.04. The maximum atomic E-state index is 4.19. The molecule has 16 heavy (non-hydrogen) atoms. The summed E-state index contributed by atoms with van der Waals surface area (Å²) in [5.41, 5.74) is 0.645. The second kappa shape index (κ2) is 5.45. The summed E-state index contributed by atoms with van der Waals surface area (Å²) >= 11 is 1.82. The molecule has 2 rings (SSSR count). The predicted molar refractivity (Wildman–Crippen MR) is 64.6 cm³/mol. The number of thioether (sulfide) groups is 1. The van der Waals surface area contributed by atoms with Gasteiger partial charge in [0.05, 0.1) is 0 Å². The molecule has 0 aliphatic rings. The molecule has 2 aromatic heterocycles. The molecule has 0 saturated carbocycles. The molecule has 7 heteroatoms. The average Bonchev–Trinajstić information content (AvgIpc) is 2.76. The van der Waals surface area contributed by atoms with Gasteiger partial charge >= 0.3 is 0 Å². The standard InChI is InChI=1S/C9H12N6S/c1-2-6-16-7-5-10-8-3-4-9-11-13-14-15(9)12-8/h2-4H,1,5-7H2,(H,10,12). The van der Waals surface area contributed by atoms with Crippen molar-refractivity contribution in [1.82, 2.24) is 25.3 Å². The van der Waals surface area contributed by atoms with Crippen LogP contribution in [0.2, 0.25) is 0 Å². The normalized spacial score (nSPS) is 10.5. The van der Waals surface area contributed by atoms with Gasteiger partial charge in [-0.15, -0.1) is 21.4 Å². The first-order valence-corrected chi connectivity index (χ1v) is 6.03. The van der Waals surface area contributed by atoms with Gasteiger partial charge in [0, 0.05) is 18.1 Å². The highest BCUT2D eigenvalue weighted by molar-refractivity contribution is 7.99. The molecule has 0 aliphatic carbocycles. The number of tetrazole rings is 1. The lowest BCUT2D eigenvalue weighted by atomic mass is 10.5. The van der Waals surface area contributed by atoms with Gasteiger partial charge in [-0.1, -0.05) is 6.08 Å². The summed E-state index contributed by atoms with van der Waals surface area (Å²) < 4.78 is 1.40. The van der Waals surface area contributed by atoms with Gasteiger partial charge in [0.2, 0.25) is 0 Å². The third-order valence-corrected chi connectivity index (χ3v) is 2.82. The van der Waals surface area contributed by atoms with Crippen LogP contribution < -0.4 is 5.32 Å².